The van der Waals surface area contributed by atoms with Gasteiger partial charge in [-0.2, -0.15) is 0 Å². The van der Waals surface area contributed by atoms with Crippen LogP contribution in [0.25, 0.3) is 0 Å². The van der Waals surface area contributed by atoms with E-state index in [-0.39, 0.29) is 31.5 Å². The second-order valence-electron chi connectivity index (χ2n) is 3.42. The van der Waals surface area contributed by atoms with Gasteiger partial charge in [0.15, 0.2) is 4.77 Å². The number of aromatic nitrogens is 2. The highest BCUT2D eigenvalue weighted by Gasteiger charge is 1.98. The summed E-state index contributed by atoms with van der Waals surface area (Å²) in [6, 6.07) is 0. The molecule has 0 spiro atoms. The average Bonchev–Trinajstić information content (AvgIpc) is 2.24. The Morgan fingerprint density at radius 3 is 2.88 bits per heavy atom. The second kappa shape index (κ2) is 6.31. The van der Waals surface area contributed by atoms with Gasteiger partial charge in [-0.3, -0.25) is 14.6 Å². The summed E-state index contributed by atoms with van der Waals surface area (Å²) in [6.07, 6.45) is 1.62. The maximum Gasteiger partial charge on any atom is 0.302 e. The van der Waals surface area contributed by atoms with Gasteiger partial charge in [-0.05, 0) is 19.1 Å². The van der Waals surface area contributed by atoms with Crippen LogP contribution in [-0.4, -0.2) is 28.7 Å². The van der Waals surface area contributed by atoms with Crippen LogP contribution in [-0.2, 0) is 21.0 Å². The lowest BCUT2D eigenvalue weighted by Crippen LogP contribution is -2.17. The van der Waals surface area contributed by atoms with Gasteiger partial charge in [0.1, 0.15) is 13.3 Å². The van der Waals surface area contributed by atoms with E-state index in [2.05, 4.69) is 4.98 Å². The minimum Gasteiger partial charge on any atom is -0.463 e. The molecule has 1 N–H and O–H groups in total. The highest BCUT2D eigenvalue weighted by atomic mass is 32.1. The number of carbonyl (C=O) groups is 1. The number of hydrogen-bond acceptors (Lipinski definition) is 5. The van der Waals surface area contributed by atoms with Gasteiger partial charge in [-0.15, -0.1) is 0 Å². The lowest BCUT2D eigenvalue weighted by atomic mass is 10.4. The van der Waals surface area contributed by atoms with Crippen molar-refractivity contribution in [3.05, 3.63) is 26.9 Å². The summed E-state index contributed by atoms with van der Waals surface area (Å²) in [4.78, 5) is 24.2. The zero-order valence-electron chi connectivity index (χ0n) is 9.69. The average molecular weight is 258 g/mol. The quantitative estimate of drug-likeness (QED) is 0.479. The molecule has 17 heavy (non-hydrogen) atoms. The normalized spacial score (nSPS) is 10.2. The number of rotatable bonds is 5. The number of nitrogens with one attached hydrogen (secondary N) is 1. The molecule has 1 rings (SSSR count). The molecule has 6 nitrogen and oxygen atoms in total. The summed E-state index contributed by atoms with van der Waals surface area (Å²) in [6.45, 7) is 3.70. The monoisotopic (exact) mass is 258 g/mol. The van der Waals surface area contributed by atoms with Gasteiger partial charge in [0.2, 0.25) is 0 Å². The van der Waals surface area contributed by atoms with E-state index in [9.17, 15) is 9.59 Å². The van der Waals surface area contributed by atoms with E-state index in [1.165, 1.54) is 6.92 Å². The molecule has 1 aromatic rings. The Morgan fingerprint density at radius 1 is 1.53 bits per heavy atom. The molecule has 0 atom stereocenters. The fourth-order valence-electron chi connectivity index (χ4n) is 1.12. The molecule has 0 radical (unpaired) electrons. The van der Waals surface area contributed by atoms with E-state index in [0.29, 0.717) is 10.3 Å². The summed E-state index contributed by atoms with van der Waals surface area (Å²) < 4.78 is 11.8. The van der Waals surface area contributed by atoms with Crippen molar-refractivity contribution in [2.45, 2.75) is 20.6 Å². The van der Waals surface area contributed by atoms with Gasteiger partial charge in [0.25, 0.3) is 5.56 Å². The van der Waals surface area contributed by atoms with Crippen molar-refractivity contribution in [3.63, 3.8) is 0 Å². The van der Waals surface area contributed by atoms with Crippen LogP contribution in [0.15, 0.2) is 11.0 Å². The molecule has 0 saturated heterocycles. The minimum atomic E-state index is -0.343. The van der Waals surface area contributed by atoms with Crippen molar-refractivity contribution in [2.75, 3.05) is 13.2 Å². The Balaban J connectivity index is 2.47. The number of ether oxygens (including phenoxy) is 2. The minimum absolute atomic E-state index is 0.199. The summed E-state index contributed by atoms with van der Waals surface area (Å²) in [5.41, 5.74) is 0.355. The molecule has 0 aliphatic carbocycles. The maximum absolute atomic E-state index is 11.2. The van der Waals surface area contributed by atoms with Crippen LogP contribution >= 0.6 is 12.2 Å². The Labute approximate surface area is 103 Å². The third kappa shape index (κ3) is 4.49. The van der Waals surface area contributed by atoms with E-state index >= 15 is 0 Å². The van der Waals surface area contributed by atoms with Crippen LogP contribution in [0.1, 0.15) is 12.5 Å². The molecule has 7 heteroatoms. The van der Waals surface area contributed by atoms with Crippen molar-refractivity contribution < 1.29 is 14.3 Å². The summed E-state index contributed by atoms with van der Waals surface area (Å²) in [7, 11) is 0. The number of esters is 1. The summed E-state index contributed by atoms with van der Waals surface area (Å²) in [5.74, 6) is -0.343. The fourth-order valence-corrected chi connectivity index (χ4v) is 1.32. The predicted molar refractivity (Wildman–Crippen MR) is 63.2 cm³/mol. The van der Waals surface area contributed by atoms with E-state index < -0.39 is 0 Å². The first-order valence-electron chi connectivity index (χ1n) is 5.02. The van der Waals surface area contributed by atoms with Crippen molar-refractivity contribution in [1.82, 2.24) is 9.55 Å². The predicted octanol–water partition coefficient (Wildman–Crippen LogP) is 0.752. The van der Waals surface area contributed by atoms with E-state index in [1.54, 1.807) is 17.7 Å². The molecule has 0 bridgehead atoms. The van der Waals surface area contributed by atoms with Crippen LogP contribution in [0.4, 0.5) is 0 Å². The van der Waals surface area contributed by atoms with Crippen LogP contribution < -0.4 is 5.56 Å². The van der Waals surface area contributed by atoms with Crippen molar-refractivity contribution in [3.8, 4) is 0 Å². The lowest BCUT2D eigenvalue weighted by molar-refractivity contribution is -0.142. The molecule has 0 aromatic carbocycles. The van der Waals surface area contributed by atoms with Crippen molar-refractivity contribution >= 4 is 18.2 Å². The van der Waals surface area contributed by atoms with E-state index in [4.69, 9.17) is 21.7 Å². The number of aromatic amines is 1. The standard InChI is InChI=1S/C10H14N2O4S/c1-7-5-12(10(17)11-9(7)14)6-15-3-4-16-8(2)13/h5H,3-4,6H2,1-2H3,(H,11,14,17). The Kier molecular flexibility index (Phi) is 5.05. The number of carbonyl (C=O) groups excluding carboxylic acids is 1. The Morgan fingerprint density at radius 2 is 2.24 bits per heavy atom. The first kappa shape index (κ1) is 13.6. The molecule has 0 fully saturated rings. The highest BCUT2D eigenvalue weighted by Crippen LogP contribution is 1.93. The van der Waals surface area contributed by atoms with Gasteiger partial charge in [0, 0.05) is 18.7 Å². The third-order valence-electron chi connectivity index (χ3n) is 1.95. The largest absolute Gasteiger partial charge is 0.463 e. The molecule has 0 aliphatic rings. The van der Waals surface area contributed by atoms with Crippen molar-refractivity contribution in [2.24, 2.45) is 0 Å². The summed E-state index contributed by atoms with van der Waals surface area (Å²) >= 11 is 4.96. The fraction of sp³-hybridized carbons (Fsp3) is 0.500. The Hall–Kier alpha value is -1.47. The molecule has 1 aromatic heterocycles. The molecule has 1 heterocycles. The zero-order chi connectivity index (χ0) is 12.8. The number of nitrogens with zero attached hydrogens (tertiary/aromatic N) is 1. The van der Waals surface area contributed by atoms with Crippen LogP contribution in [0.5, 0.6) is 0 Å². The molecule has 94 valence electrons. The highest BCUT2D eigenvalue weighted by molar-refractivity contribution is 7.71. The molecular formula is C10H14N2O4S. The molecule has 0 saturated carbocycles. The number of hydrogen-bond donors (Lipinski definition) is 1. The van der Waals surface area contributed by atoms with Gasteiger partial charge < -0.3 is 14.0 Å². The SMILES string of the molecule is CC(=O)OCCOCn1cc(C)c(=O)[nH]c1=S. The second-order valence-corrected chi connectivity index (χ2v) is 3.81. The zero-order valence-corrected chi connectivity index (χ0v) is 10.5. The first-order chi connectivity index (χ1) is 8.00. The Bertz CT molecular complexity index is 506. The van der Waals surface area contributed by atoms with Gasteiger partial charge in [-0.25, -0.2) is 0 Å². The van der Waals surface area contributed by atoms with Gasteiger partial charge in [-0.1, -0.05) is 0 Å². The topological polar surface area (TPSA) is 73.3 Å². The van der Waals surface area contributed by atoms with E-state index in [1.807, 2.05) is 0 Å². The molecular weight excluding hydrogens is 244 g/mol. The molecule has 0 unspecified atom stereocenters. The lowest BCUT2D eigenvalue weighted by Gasteiger charge is -2.08. The maximum atomic E-state index is 11.2. The van der Waals surface area contributed by atoms with E-state index in [0.717, 1.165) is 0 Å². The van der Waals surface area contributed by atoms with Crippen LogP contribution in [0, 0.1) is 11.7 Å². The third-order valence-corrected chi connectivity index (χ3v) is 2.29. The van der Waals surface area contributed by atoms with Gasteiger partial charge in [0.05, 0.1) is 6.61 Å². The van der Waals surface area contributed by atoms with Crippen LogP contribution in [0.2, 0.25) is 0 Å². The van der Waals surface area contributed by atoms with Crippen LogP contribution in [0.3, 0.4) is 0 Å². The summed E-state index contributed by atoms with van der Waals surface area (Å²) in [5, 5.41) is 0. The smallest absolute Gasteiger partial charge is 0.302 e. The van der Waals surface area contributed by atoms with Gasteiger partial charge >= 0.3 is 5.97 Å². The molecule has 0 amide bonds. The first-order valence-corrected chi connectivity index (χ1v) is 5.43. The number of aryl methyl sites for hydroxylation is 1. The number of H-pyrrole nitrogens is 1. The van der Waals surface area contributed by atoms with Crippen molar-refractivity contribution in [1.29, 1.82) is 0 Å². The molecule has 0 aliphatic heterocycles.